The lowest BCUT2D eigenvalue weighted by Gasteiger charge is -2.22. The molecule has 0 aliphatic rings. The summed E-state index contributed by atoms with van der Waals surface area (Å²) in [6.07, 6.45) is 1.18. The second-order valence-corrected chi connectivity index (χ2v) is 5.19. The van der Waals surface area contributed by atoms with E-state index in [-0.39, 0.29) is 12.3 Å². The molecule has 0 rings (SSSR count). The highest BCUT2D eigenvalue weighted by molar-refractivity contribution is 5.84. The Morgan fingerprint density at radius 1 is 1.22 bits per heavy atom. The molecule has 106 valence electrons. The fourth-order valence-corrected chi connectivity index (χ4v) is 1.17. The molecule has 1 N–H and O–H groups in total. The van der Waals surface area contributed by atoms with Crippen molar-refractivity contribution in [2.45, 2.75) is 59.1 Å². The smallest absolute Gasteiger partial charge is 0.328 e. The maximum Gasteiger partial charge on any atom is 0.328 e. The maximum atomic E-state index is 11.6. The Hall–Kier alpha value is -1.10. The van der Waals surface area contributed by atoms with Gasteiger partial charge in [0.05, 0.1) is 6.61 Å². The van der Waals surface area contributed by atoms with Crippen LogP contribution in [-0.2, 0) is 19.1 Å². The Kier molecular flexibility index (Phi) is 7.59. The van der Waals surface area contributed by atoms with Crippen LogP contribution in [0.4, 0.5) is 0 Å². The van der Waals surface area contributed by atoms with E-state index in [9.17, 15) is 9.59 Å². The highest BCUT2D eigenvalue weighted by Gasteiger charge is 2.22. The van der Waals surface area contributed by atoms with Gasteiger partial charge in [-0.3, -0.25) is 4.79 Å². The molecule has 5 heteroatoms. The van der Waals surface area contributed by atoms with Crippen molar-refractivity contribution in [3.8, 4) is 0 Å². The molecule has 0 heterocycles. The molecular weight excluding hydrogens is 234 g/mol. The van der Waals surface area contributed by atoms with Crippen molar-refractivity contribution in [2.75, 3.05) is 13.2 Å². The van der Waals surface area contributed by atoms with Gasteiger partial charge in [-0.15, -0.1) is 0 Å². The molecule has 0 aromatic heterocycles. The molecule has 0 aromatic carbocycles. The van der Waals surface area contributed by atoms with E-state index in [0.29, 0.717) is 13.2 Å². The topological polar surface area (TPSA) is 64.6 Å². The third-order valence-corrected chi connectivity index (χ3v) is 1.96. The standard InChI is InChI=1S/C13H25NO4/c1-6-8-17-9-7-11(15)14-10(2)12(16)18-13(3,4)5/h10H,6-9H2,1-5H3,(H,14,15)/t10-/m0/s1. The van der Waals surface area contributed by atoms with Crippen LogP contribution in [0.25, 0.3) is 0 Å². The van der Waals surface area contributed by atoms with Crippen LogP contribution in [0, 0.1) is 0 Å². The summed E-state index contributed by atoms with van der Waals surface area (Å²) in [5.41, 5.74) is -0.541. The first-order valence-corrected chi connectivity index (χ1v) is 6.36. The summed E-state index contributed by atoms with van der Waals surface area (Å²) < 4.78 is 10.4. The van der Waals surface area contributed by atoms with Crippen LogP contribution in [0.15, 0.2) is 0 Å². The Morgan fingerprint density at radius 2 is 1.83 bits per heavy atom. The number of rotatable bonds is 7. The number of amides is 1. The molecule has 0 bridgehead atoms. The van der Waals surface area contributed by atoms with Gasteiger partial charge in [0.1, 0.15) is 11.6 Å². The molecule has 0 saturated carbocycles. The first-order chi connectivity index (χ1) is 8.26. The van der Waals surface area contributed by atoms with Gasteiger partial charge in [0.15, 0.2) is 0 Å². The van der Waals surface area contributed by atoms with Gasteiger partial charge in [-0.1, -0.05) is 6.92 Å². The zero-order valence-corrected chi connectivity index (χ0v) is 12.0. The van der Waals surface area contributed by atoms with Gasteiger partial charge < -0.3 is 14.8 Å². The molecule has 5 nitrogen and oxygen atoms in total. The van der Waals surface area contributed by atoms with Crippen LogP contribution < -0.4 is 5.32 Å². The number of esters is 1. The van der Waals surface area contributed by atoms with Gasteiger partial charge in [0.25, 0.3) is 0 Å². The number of hydrogen-bond donors (Lipinski definition) is 1. The first-order valence-electron chi connectivity index (χ1n) is 6.36. The Morgan fingerprint density at radius 3 is 2.33 bits per heavy atom. The van der Waals surface area contributed by atoms with E-state index in [1.807, 2.05) is 6.92 Å². The zero-order chi connectivity index (χ0) is 14.2. The summed E-state index contributed by atoms with van der Waals surface area (Å²) in [6.45, 7) is 10.0. The second kappa shape index (κ2) is 8.08. The van der Waals surface area contributed by atoms with Gasteiger partial charge in [0, 0.05) is 13.0 Å². The Bertz CT molecular complexity index is 271. The largest absolute Gasteiger partial charge is 0.458 e. The predicted octanol–water partition coefficient (Wildman–Crippen LogP) is 1.65. The lowest BCUT2D eigenvalue weighted by atomic mass is 10.2. The molecule has 1 atom stereocenters. The summed E-state index contributed by atoms with van der Waals surface area (Å²) in [6, 6.07) is -0.636. The van der Waals surface area contributed by atoms with Crippen LogP contribution in [0.2, 0.25) is 0 Å². The lowest BCUT2D eigenvalue weighted by Crippen LogP contribution is -2.42. The van der Waals surface area contributed by atoms with Crippen LogP contribution >= 0.6 is 0 Å². The predicted molar refractivity (Wildman–Crippen MR) is 69.2 cm³/mol. The van der Waals surface area contributed by atoms with Crippen molar-refractivity contribution in [3.63, 3.8) is 0 Å². The average molecular weight is 259 g/mol. The summed E-state index contributed by atoms with van der Waals surface area (Å²) in [4.78, 5) is 23.1. The molecule has 0 aliphatic heterocycles. The Labute approximate surface area is 109 Å². The van der Waals surface area contributed by atoms with E-state index >= 15 is 0 Å². The zero-order valence-electron chi connectivity index (χ0n) is 12.0. The van der Waals surface area contributed by atoms with Crippen molar-refractivity contribution in [2.24, 2.45) is 0 Å². The van der Waals surface area contributed by atoms with E-state index in [2.05, 4.69) is 5.32 Å². The minimum Gasteiger partial charge on any atom is -0.458 e. The van der Waals surface area contributed by atoms with Crippen LogP contribution in [0.1, 0.15) is 47.5 Å². The Balaban J connectivity index is 3.89. The number of nitrogens with one attached hydrogen (secondary N) is 1. The van der Waals surface area contributed by atoms with Crippen LogP contribution in [-0.4, -0.2) is 36.7 Å². The van der Waals surface area contributed by atoms with E-state index in [4.69, 9.17) is 9.47 Å². The van der Waals surface area contributed by atoms with Gasteiger partial charge in [0.2, 0.25) is 5.91 Å². The third-order valence-electron chi connectivity index (χ3n) is 1.96. The summed E-state index contributed by atoms with van der Waals surface area (Å²) in [5.74, 6) is -0.630. The van der Waals surface area contributed by atoms with Gasteiger partial charge >= 0.3 is 5.97 Å². The highest BCUT2D eigenvalue weighted by atomic mass is 16.6. The van der Waals surface area contributed by atoms with Crippen LogP contribution in [0.3, 0.4) is 0 Å². The van der Waals surface area contributed by atoms with E-state index in [0.717, 1.165) is 6.42 Å². The normalized spacial score (nSPS) is 12.9. The monoisotopic (exact) mass is 259 g/mol. The minimum atomic E-state index is -0.636. The summed E-state index contributed by atoms with van der Waals surface area (Å²) >= 11 is 0. The quantitative estimate of drug-likeness (QED) is 0.557. The van der Waals surface area contributed by atoms with Crippen molar-refractivity contribution >= 4 is 11.9 Å². The number of ether oxygens (including phenoxy) is 2. The summed E-state index contributed by atoms with van der Waals surface area (Å²) in [7, 11) is 0. The van der Waals surface area contributed by atoms with Gasteiger partial charge in [-0.25, -0.2) is 4.79 Å². The number of carbonyl (C=O) groups excluding carboxylic acids is 2. The average Bonchev–Trinajstić information content (AvgIpc) is 2.22. The van der Waals surface area contributed by atoms with Gasteiger partial charge in [-0.2, -0.15) is 0 Å². The highest BCUT2D eigenvalue weighted by Crippen LogP contribution is 2.08. The van der Waals surface area contributed by atoms with Gasteiger partial charge in [-0.05, 0) is 34.1 Å². The molecular formula is C13H25NO4. The SMILES string of the molecule is CCCOCCC(=O)N[C@@H](C)C(=O)OC(C)(C)C. The van der Waals surface area contributed by atoms with Crippen molar-refractivity contribution in [1.82, 2.24) is 5.32 Å². The number of hydrogen-bond acceptors (Lipinski definition) is 4. The second-order valence-electron chi connectivity index (χ2n) is 5.19. The molecule has 0 saturated heterocycles. The summed E-state index contributed by atoms with van der Waals surface area (Å²) in [5, 5.41) is 2.59. The molecule has 1 amide bonds. The maximum absolute atomic E-state index is 11.6. The van der Waals surface area contributed by atoms with E-state index in [1.165, 1.54) is 0 Å². The molecule has 0 aromatic rings. The van der Waals surface area contributed by atoms with Crippen LogP contribution in [0.5, 0.6) is 0 Å². The van der Waals surface area contributed by atoms with Crippen molar-refractivity contribution < 1.29 is 19.1 Å². The number of carbonyl (C=O) groups is 2. The fraction of sp³-hybridized carbons (Fsp3) is 0.846. The molecule has 0 fully saturated rings. The third kappa shape index (κ3) is 8.98. The minimum absolute atomic E-state index is 0.204. The van der Waals surface area contributed by atoms with E-state index < -0.39 is 17.6 Å². The van der Waals surface area contributed by atoms with E-state index in [1.54, 1.807) is 27.7 Å². The molecule has 18 heavy (non-hydrogen) atoms. The van der Waals surface area contributed by atoms with Crippen molar-refractivity contribution in [3.05, 3.63) is 0 Å². The molecule has 0 radical (unpaired) electrons. The molecule has 0 spiro atoms. The van der Waals surface area contributed by atoms with Crippen molar-refractivity contribution in [1.29, 1.82) is 0 Å². The molecule has 0 unspecified atom stereocenters. The lowest BCUT2D eigenvalue weighted by molar-refractivity contribution is -0.158. The molecule has 0 aliphatic carbocycles. The first kappa shape index (κ1) is 16.9. The fourth-order valence-electron chi connectivity index (χ4n) is 1.17.